The van der Waals surface area contributed by atoms with Gasteiger partial charge < -0.3 is 9.80 Å². The van der Waals surface area contributed by atoms with Gasteiger partial charge in [-0.15, -0.1) is 0 Å². The van der Waals surface area contributed by atoms with Crippen LogP contribution in [0.3, 0.4) is 0 Å². The van der Waals surface area contributed by atoms with Gasteiger partial charge in [0.25, 0.3) is 0 Å². The second-order valence-corrected chi connectivity index (χ2v) is 16.8. The predicted octanol–water partition coefficient (Wildman–Crippen LogP) is 9.89. The summed E-state index contributed by atoms with van der Waals surface area (Å²) in [6.45, 7) is 19.3. The molecule has 1 heterocycles. The molecule has 6 heteroatoms. The van der Waals surface area contributed by atoms with Gasteiger partial charge in [0.2, 0.25) is 0 Å². The molecule has 0 spiro atoms. The maximum atomic E-state index is 6.02. The van der Waals surface area contributed by atoms with Crippen LogP contribution in [-0.2, 0) is 13.5 Å². The second-order valence-electron chi connectivity index (χ2n) is 11.1. The quantitative estimate of drug-likeness (QED) is 0.148. The zero-order chi connectivity index (χ0) is 30.4. The van der Waals surface area contributed by atoms with E-state index in [9.17, 15) is 0 Å². The Morgan fingerprint density at radius 2 is 1.40 bits per heavy atom. The summed E-state index contributed by atoms with van der Waals surface area (Å²) >= 11 is -1.89. The zero-order valence-electron chi connectivity index (χ0n) is 25.6. The van der Waals surface area contributed by atoms with Gasteiger partial charge in [0, 0.05) is 24.5 Å². The fourth-order valence-corrected chi connectivity index (χ4v) is 7.32. The molecule has 1 saturated heterocycles. The van der Waals surface area contributed by atoms with Crippen LogP contribution in [0, 0.1) is 41.3 Å². The number of ether oxygens (including phenoxy) is 1. The van der Waals surface area contributed by atoms with Gasteiger partial charge in [0.15, 0.2) is 0 Å². The first kappa shape index (κ1) is 32.3. The second kappa shape index (κ2) is 14.7. The average Bonchev–Trinajstić information content (AvgIpc) is 3.38. The number of hydrogen-bond acceptors (Lipinski definition) is 3. The number of hydrogen-bond donors (Lipinski definition) is 0. The summed E-state index contributed by atoms with van der Waals surface area (Å²) < 4.78 is 7.93. The minimum absolute atomic E-state index is 0.0957. The van der Waals surface area contributed by atoms with Gasteiger partial charge in [-0.2, -0.15) is 6.67 Å². The molecule has 1 aliphatic rings. The molecule has 4 aromatic rings. The predicted molar refractivity (Wildman–Crippen MR) is 180 cm³/mol. The summed E-state index contributed by atoms with van der Waals surface area (Å²) in [6, 6.07) is 27.5. The molecule has 0 N–H and O–H groups in total. The van der Waals surface area contributed by atoms with E-state index in [0.29, 0.717) is 0 Å². The molecule has 1 aliphatic heterocycles. The average molecular weight is 690 g/mol. The van der Waals surface area contributed by atoms with E-state index in [1.807, 2.05) is 48.8 Å². The van der Waals surface area contributed by atoms with Crippen LogP contribution < -0.4 is 14.5 Å². The van der Waals surface area contributed by atoms with Crippen LogP contribution in [0.2, 0.25) is 0 Å². The van der Waals surface area contributed by atoms with Gasteiger partial charge in [-0.1, -0.05) is 35.4 Å². The molecule has 0 saturated carbocycles. The van der Waals surface area contributed by atoms with Gasteiger partial charge in [-0.05, 0) is 57.4 Å². The summed E-state index contributed by atoms with van der Waals surface area (Å²) in [5.74, 6) is 0.855. The first-order valence-electron chi connectivity index (χ1n) is 14.2. The van der Waals surface area contributed by atoms with Crippen LogP contribution in [0.15, 0.2) is 78.9 Å². The van der Waals surface area contributed by atoms with E-state index >= 15 is 0 Å². The Hall–Kier alpha value is -2.65. The summed E-state index contributed by atoms with van der Waals surface area (Å²) in [5, 5.41) is 0. The molecule has 42 heavy (non-hydrogen) atoms. The normalized spacial score (nSPS) is 13.1. The zero-order valence-corrected chi connectivity index (χ0v) is 28.8. The van der Waals surface area contributed by atoms with Crippen LogP contribution in [0.5, 0.6) is 5.75 Å². The number of rotatable bonds is 6. The molecule has 0 atom stereocenters. The van der Waals surface area contributed by atoms with Crippen molar-refractivity contribution in [1.82, 2.24) is 0 Å². The Bertz CT molecular complexity index is 1520. The fourth-order valence-electron chi connectivity index (χ4n) is 5.54. The van der Waals surface area contributed by atoms with Crippen LogP contribution in [-0.4, -0.2) is 23.8 Å². The van der Waals surface area contributed by atoms with Crippen molar-refractivity contribution in [2.45, 2.75) is 54.6 Å². The first-order chi connectivity index (χ1) is 20.0. The number of benzene rings is 4. The van der Waals surface area contributed by atoms with Crippen molar-refractivity contribution >= 4 is 35.4 Å². The maximum absolute atomic E-state index is 6.02. The molecular weight excluding hydrogens is 648 g/mol. The van der Waals surface area contributed by atoms with Crippen molar-refractivity contribution in [2.75, 3.05) is 22.9 Å². The van der Waals surface area contributed by atoms with Crippen LogP contribution in [0.1, 0.15) is 47.2 Å². The topological polar surface area (TPSA) is 15.7 Å². The van der Waals surface area contributed by atoms with Gasteiger partial charge >= 0.3 is 133 Å². The molecule has 0 aromatic heterocycles. The van der Waals surface area contributed by atoms with E-state index in [4.69, 9.17) is 24.1 Å². The van der Waals surface area contributed by atoms with Crippen LogP contribution >= 0.6 is 19.4 Å². The summed E-state index contributed by atoms with van der Waals surface area (Å²) in [5.41, 5.74) is 12.6. The Kier molecular flexibility index (Phi) is 11.3. The SMILES string of the molecule is CC(C)Oc1c([CH]=[Ru]([Cl])[Cl])cccc1-c1ccccc1.Cc1ccc(N2[CH-]N(c3c(C)cc(C)cc3C)CC2)c(C)c1. The number of halogens is 2. The molecule has 1 fully saturated rings. The number of nitrogens with zero attached hydrogens (tertiary/aromatic N) is 2. The van der Waals surface area contributed by atoms with E-state index in [1.165, 1.54) is 39.2 Å². The van der Waals surface area contributed by atoms with E-state index < -0.39 is 13.5 Å². The van der Waals surface area contributed by atoms with E-state index in [-0.39, 0.29) is 6.10 Å². The third-order valence-corrected chi connectivity index (χ3v) is 8.95. The van der Waals surface area contributed by atoms with Gasteiger partial charge in [0.05, 0.1) is 0 Å². The van der Waals surface area contributed by atoms with Gasteiger partial charge in [-0.25, -0.2) is 0 Å². The van der Waals surface area contributed by atoms with Crippen LogP contribution in [0.25, 0.3) is 11.1 Å². The molecule has 3 nitrogen and oxygen atoms in total. The molecule has 0 bridgehead atoms. The number of aryl methyl sites for hydroxylation is 5. The minimum atomic E-state index is -1.89. The Morgan fingerprint density at radius 3 is 2.02 bits per heavy atom. The summed E-state index contributed by atoms with van der Waals surface area (Å²) in [6.07, 6.45) is 0.0957. The monoisotopic (exact) mass is 689 g/mol. The molecule has 0 radical (unpaired) electrons. The minimum Gasteiger partial charge on any atom is -0.502 e. The van der Waals surface area contributed by atoms with Crippen molar-refractivity contribution < 1.29 is 18.3 Å². The Balaban J connectivity index is 0.000000194. The Morgan fingerprint density at radius 1 is 0.762 bits per heavy atom. The van der Waals surface area contributed by atoms with Crippen molar-refractivity contribution in [3.63, 3.8) is 0 Å². The molecule has 0 amide bonds. The van der Waals surface area contributed by atoms with E-state index in [2.05, 4.69) is 99.6 Å². The molecule has 0 aliphatic carbocycles. The molecule has 224 valence electrons. The standard InChI is InChI=1S/C20H25N2.C16H16O.2ClH.Ru/c1-14-6-7-19(16(3)10-14)21-8-9-22(13-21)20-17(4)11-15(2)12-18(20)5;1-12(2)17-16-13(3)8-7-11-15(16)14-9-5-4-6-10-14;;;/h6-7,10-13H,8-9H2,1-5H3;3-12H,1-2H3;2*1H;/q-1;;;;+2/p-2. The third-order valence-electron chi connectivity index (χ3n) is 7.12. The molecule has 5 rings (SSSR count). The fraction of sp³-hybridized carbons (Fsp3) is 0.278. The molecule has 4 aromatic carbocycles. The third kappa shape index (κ3) is 8.25. The smallest absolute Gasteiger partial charge is 0.0146 e. The van der Waals surface area contributed by atoms with Gasteiger partial charge in [-0.3, -0.25) is 0 Å². The van der Waals surface area contributed by atoms with Gasteiger partial charge in [0.1, 0.15) is 0 Å². The number of para-hydroxylation sites is 1. The van der Waals surface area contributed by atoms with Crippen molar-refractivity contribution in [3.05, 3.63) is 119 Å². The largest absolute Gasteiger partial charge is 0.502 e. The van der Waals surface area contributed by atoms with Crippen molar-refractivity contribution in [1.29, 1.82) is 0 Å². The molecular formula is C36H41Cl2N2ORu-. The maximum Gasteiger partial charge on any atom is 0.0146 e. The first-order valence-corrected chi connectivity index (χ1v) is 19.7. The van der Waals surface area contributed by atoms with E-state index in [1.54, 1.807) is 0 Å². The Labute approximate surface area is 265 Å². The summed E-state index contributed by atoms with van der Waals surface area (Å²) in [7, 11) is 12.0. The summed E-state index contributed by atoms with van der Waals surface area (Å²) in [4.78, 5) is 4.76. The number of anilines is 2. The van der Waals surface area contributed by atoms with E-state index in [0.717, 1.165) is 35.5 Å². The molecule has 0 unspecified atom stereocenters. The van der Waals surface area contributed by atoms with Crippen LogP contribution in [0.4, 0.5) is 11.4 Å². The van der Waals surface area contributed by atoms with Crippen molar-refractivity contribution in [2.24, 2.45) is 0 Å². The van der Waals surface area contributed by atoms with Crippen molar-refractivity contribution in [3.8, 4) is 16.9 Å².